The molecule has 0 saturated heterocycles. The molecule has 1 amide bonds. The molecule has 2 aromatic carbocycles. The largest absolute Gasteiger partial charge is 0.348 e. The first-order valence-electron chi connectivity index (χ1n) is 10.3. The molecule has 0 aliphatic carbocycles. The van der Waals surface area contributed by atoms with Crippen molar-refractivity contribution in [1.82, 2.24) is 19.4 Å². The van der Waals surface area contributed by atoms with E-state index in [1.807, 2.05) is 47.4 Å². The standard InChI is InChI=1S/C24H24N4OS/c1-17(24-25-19-10-5-6-11-20(19)26-24)30-16-22(29)28-15-14-27-13-7-12-21(27)23(28)18-8-3-2-4-9-18/h2-13,17,23H,14-16H2,1H3,(H,25,26). The summed E-state index contributed by atoms with van der Waals surface area (Å²) in [7, 11) is 0. The number of fused-ring (bicyclic) bond motifs is 2. The molecule has 4 aromatic rings. The number of imidazole rings is 1. The van der Waals surface area contributed by atoms with Crippen molar-refractivity contribution in [1.29, 1.82) is 0 Å². The number of carbonyl (C=O) groups excluding carboxylic acids is 1. The minimum Gasteiger partial charge on any atom is -0.348 e. The van der Waals surface area contributed by atoms with Crippen molar-refractivity contribution in [3.05, 3.63) is 90.0 Å². The van der Waals surface area contributed by atoms with E-state index in [-0.39, 0.29) is 17.2 Å². The second-order valence-electron chi connectivity index (χ2n) is 7.62. The number of nitrogens with zero attached hydrogens (tertiary/aromatic N) is 3. The molecule has 2 atom stereocenters. The molecule has 1 aliphatic rings. The summed E-state index contributed by atoms with van der Waals surface area (Å²) < 4.78 is 2.26. The van der Waals surface area contributed by atoms with Gasteiger partial charge in [0.2, 0.25) is 5.91 Å². The highest BCUT2D eigenvalue weighted by Gasteiger charge is 2.32. The second-order valence-corrected chi connectivity index (χ2v) is 8.95. The third-order valence-electron chi connectivity index (χ3n) is 5.72. The van der Waals surface area contributed by atoms with Crippen LogP contribution in [0.25, 0.3) is 11.0 Å². The summed E-state index contributed by atoms with van der Waals surface area (Å²) in [5, 5.41) is 0.116. The van der Waals surface area contributed by atoms with Crippen molar-refractivity contribution in [2.75, 3.05) is 12.3 Å². The van der Waals surface area contributed by atoms with Gasteiger partial charge in [-0.05, 0) is 36.8 Å². The number of hydrogen-bond donors (Lipinski definition) is 1. The normalized spacial score (nSPS) is 17.1. The Morgan fingerprint density at radius 1 is 1.10 bits per heavy atom. The van der Waals surface area contributed by atoms with Gasteiger partial charge in [0.05, 0.1) is 28.1 Å². The predicted octanol–water partition coefficient (Wildman–Crippen LogP) is 4.79. The van der Waals surface area contributed by atoms with Crippen molar-refractivity contribution in [2.45, 2.75) is 24.8 Å². The summed E-state index contributed by atoms with van der Waals surface area (Å²) in [6, 6.07) is 22.5. The fourth-order valence-electron chi connectivity index (χ4n) is 4.16. The monoisotopic (exact) mass is 416 g/mol. The average molecular weight is 417 g/mol. The number of carbonyl (C=O) groups is 1. The van der Waals surface area contributed by atoms with Crippen LogP contribution in [0.3, 0.4) is 0 Å². The number of thioether (sulfide) groups is 1. The number of aromatic nitrogens is 3. The third kappa shape index (κ3) is 3.52. The molecule has 3 heterocycles. The van der Waals surface area contributed by atoms with Crippen LogP contribution in [0.2, 0.25) is 0 Å². The van der Waals surface area contributed by atoms with Gasteiger partial charge in [0, 0.05) is 25.0 Å². The van der Waals surface area contributed by atoms with Gasteiger partial charge >= 0.3 is 0 Å². The number of para-hydroxylation sites is 2. The van der Waals surface area contributed by atoms with Gasteiger partial charge in [0.25, 0.3) is 0 Å². The maximum Gasteiger partial charge on any atom is 0.233 e. The number of benzene rings is 2. The first-order valence-corrected chi connectivity index (χ1v) is 11.3. The number of hydrogen-bond acceptors (Lipinski definition) is 3. The molecule has 0 saturated carbocycles. The Labute approximate surface area is 180 Å². The number of rotatable bonds is 5. The summed E-state index contributed by atoms with van der Waals surface area (Å²) in [6.07, 6.45) is 2.10. The molecular weight excluding hydrogens is 392 g/mol. The molecule has 5 rings (SSSR count). The smallest absolute Gasteiger partial charge is 0.233 e. The molecule has 5 nitrogen and oxygen atoms in total. The zero-order chi connectivity index (χ0) is 20.5. The van der Waals surface area contributed by atoms with E-state index in [1.54, 1.807) is 11.8 Å². The van der Waals surface area contributed by atoms with Crippen LogP contribution < -0.4 is 0 Å². The van der Waals surface area contributed by atoms with Crippen molar-refractivity contribution in [2.24, 2.45) is 0 Å². The molecular formula is C24H24N4OS. The lowest BCUT2D eigenvalue weighted by atomic mass is 10.00. The van der Waals surface area contributed by atoms with E-state index < -0.39 is 0 Å². The lowest BCUT2D eigenvalue weighted by molar-refractivity contribution is -0.131. The molecule has 0 bridgehead atoms. The van der Waals surface area contributed by atoms with Crippen molar-refractivity contribution in [3.63, 3.8) is 0 Å². The van der Waals surface area contributed by atoms with Gasteiger partial charge in [-0.25, -0.2) is 4.98 Å². The van der Waals surface area contributed by atoms with Crippen LogP contribution in [0.1, 0.15) is 35.3 Å². The Morgan fingerprint density at radius 3 is 2.73 bits per heavy atom. The average Bonchev–Trinajstić information content (AvgIpc) is 3.44. The Morgan fingerprint density at radius 2 is 1.90 bits per heavy atom. The summed E-state index contributed by atoms with van der Waals surface area (Å²) in [4.78, 5) is 23.4. The Balaban J connectivity index is 1.33. The lowest BCUT2D eigenvalue weighted by Gasteiger charge is -2.37. The molecule has 0 radical (unpaired) electrons. The number of nitrogens with one attached hydrogen (secondary N) is 1. The lowest BCUT2D eigenvalue weighted by Crippen LogP contribution is -2.43. The van der Waals surface area contributed by atoms with Crippen LogP contribution in [0.4, 0.5) is 0 Å². The minimum absolute atomic E-state index is 0.0374. The third-order valence-corrected chi connectivity index (χ3v) is 6.86. The molecule has 0 spiro atoms. The number of amides is 1. The minimum atomic E-state index is -0.0374. The highest BCUT2D eigenvalue weighted by molar-refractivity contribution is 8.00. The van der Waals surface area contributed by atoms with Gasteiger partial charge in [0.15, 0.2) is 0 Å². The topological polar surface area (TPSA) is 53.9 Å². The first kappa shape index (κ1) is 19.0. The van der Waals surface area contributed by atoms with E-state index in [0.717, 1.165) is 35.5 Å². The van der Waals surface area contributed by atoms with Gasteiger partial charge in [-0.2, -0.15) is 0 Å². The highest BCUT2D eigenvalue weighted by atomic mass is 32.2. The van der Waals surface area contributed by atoms with E-state index in [4.69, 9.17) is 0 Å². The van der Waals surface area contributed by atoms with E-state index >= 15 is 0 Å². The molecule has 152 valence electrons. The molecule has 1 N–H and O–H groups in total. The van der Waals surface area contributed by atoms with E-state index in [1.165, 1.54) is 5.69 Å². The van der Waals surface area contributed by atoms with Gasteiger partial charge in [-0.15, -0.1) is 11.8 Å². The molecule has 0 fully saturated rings. The van der Waals surface area contributed by atoms with Crippen LogP contribution >= 0.6 is 11.8 Å². The fraction of sp³-hybridized carbons (Fsp3) is 0.250. The maximum absolute atomic E-state index is 13.3. The Kier molecular flexibility index (Phi) is 5.09. The Hall–Kier alpha value is -2.99. The Bertz CT molecular complexity index is 1130. The van der Waals surface area contributed by atoms with Crippen LogP contribution in [0, 0.1) is 0 Å². The van der Waals surface area contributed by atoms with E-state index in [0.29, 0.717) is 5.75 Å². The van der Waals surface area contributed by atoms with Gasteiger partial charge in [-0.1, -0.05) is 42.5 Å². The van der Waals surface area contributed by atoms with Crippen LogP contribution in [-0.2, 0) is 11.3 Å². The zero-order valence-corrected chi connectivity index (χ0v) is 17.7. The number of aromatic amines is 1. The number of H-pyrrole nitrogens is 1. The van der Waals surface area contributed by atoms with Crippen molar-refractivity contribution in [3.8, 4) is 0 Å². The SMILES string of the molecule is CC(SCC(=O)N1CCn2cccc2C1c1ccccc1)c1nc2ccccc2[nH]1. The van der Waals surface area contributed by atoms with Crippen molar-refractivity contribution >= 4 is 28.7 Å². The van der Waals surface area contributed by atoms with Crippen LogP contribution in [0.5, 0.6) is 0 Å². The fourth-order valence-corrected chi connectivity index (χ4v) is 4.99. The maximum atomic E-state index is 13.3. The zero-order valence-electron chi connectivity index (χ0n) is 16.9. The van der Waals surface area contributed by atoms with Crippen LogP contribution in [0.15, 0.2) is 72.9 Å². The molecule has 6 heteroatoms. The summed E-state index contributed by atoms with van der Waals surface area (Å²) in [6.45, 7) is 3.66. The molecule has 2 unspecified atom stereocenters. The highest BCUT2D eigenvalue weighted by Crippen LogP contribution is 2.34. The summed E-state index contributed by atoms with van der Waals surface area (Å²) in [5.41, 5.74) is 4.33. The van der Waals surface area contributed by atoms with Gasteiger partial charge in [0.1, 0.15) is 5.82 Å². The molecule has 30 heavy (non-hydrogen) atoms. The summed E-state index contributed by atoms with van der Waals surface area (Å²) in [5.74, 6) is 1.52. The van der Waals surface area contributed by atoms with Crippen molar-refractivity contribution < 1.29 is 4.79 Å². The van der Waals surface area contributed by atoms with Gasteiger partial charge in [-0.3, -0.25) is 4.79 Å². The van der Waals surface area contributed by atoms with Gasteiger partial charge < -0.3 is 14.5 Å². The molecule has 1 aliphatic heterocycles. The second kappa shape index (κ2) is 8.03. The quantitative estimate of drug-likeness (QED) is 0.509. The van der Waals surface area contributed by atoms with Crippen LogP contribution in [-0.4, -0.2) is 37.6 Å². The predicted molar refractivity (Wildman–Crippen MR) is 121 cm³/mol. The summed E-state index contributed by atoms with van der Waals surface area (Å²) >= 11 is 1.64. The first-order chi connectivity index (χ1) is 14.7. The van der Waals surface area contributed by atoms with E-state index in [2.05, 4.69) is 51.9 Å². The molecule has 2 aromatic heterocycles. The van der Waals surface area contributed by atoms with E-state index in [9.17, 15) is 4.79 Å².